The van der Waals surface area contributed by atoms with Gasteiger partial charge in [-0.05, 0) is 12.1 Å². The summed E-state index contributed by atoms with van der Waals surface area (Å²) < 4.78 is 10.3. The van der Waals surface area contributed by atoms with Crippen molar-refractivity contribution in [2.45, 2.75) is 6.29 Å². The van der Waals surface area contributed by atoms with Gasteiger partial charge in [0.25, 0.3) is 0 Å². The predicted octanol–water partition coefficient (Wildman–Crippen LogP) is 1.52. The normalized spacial score (nSPS) is 18.7. The molecule has 78 valence electrons. The van der Waals surface area contributed by atoms with Crippen molar-refractivity contribution < 1.29 is 19.4 Å². The molecular formula is C11H10O4. The molecule has 1 aliphatic rings. The number of fused-ring (bicyclic) bond motifs is 1. The van der Waals surface area contributed by atoms with Crippen molar-refractivity contribution in [3.63, 3.8) is 0 Å². The molecule has 1 aromatic carbocycles. The van der Waals surface area contributed by atoms with Crippen LogP contribution in [0, 0.1) is 0 Å². The first-order chi connectivity index (χ1) is 7.22. The monoisotopic (exact) mass is 206 g/mol. The van der Waals surface area contributed by atoms with Crippen molar-refractivity contribution in [1.29, 1.82) is 0 Å². The highest BCUT2D eigenvalue weighted by molar-refractivity contribution is 5.94. The molecule has 0 aliphatic carbocycles. The van der Waals surface area contributed by atoms with E-state index in [9.17, 15) is 4.79 Å². The number of methoxy groups -OCH3 is 1. The third-order valence-electron chi connectivity index (χ3n) is 2.18. The van der Waals surface area contributed by atoms with Gasteiger partial charge in [-0.1, -0.05) is 18.2 Å². The van der Waals surface area contributed by atoms with Crippen molar-refractivity contribution in [2.75, 3.05) is 7.11 Å². The zero-order valence-corrected chi connectivity index (χ0v) is 8.14. The van der Waals surface area contributed by atoms with Crippen LogP contribution in [0.3, 0.4) is 0 Å². The van der Waals surface area contributed by atoms with E-state index in [1.54, 1.807) is 18.2 Å². The van der Waals surface area contributed by atoms with Gasteiger partial charge in [0.2, 0.25) is 6.29 Å². The second kappa shape index (κ2) is 3.74. The van der Waals surface area contributed by atoms with Crippen LogP contribution in [0.15, 0.2) is 29.8 Å². The van der Waals surface area contributed by atoms with Crippen LogP contribution in [0.2, 0.25) is 0 Å². The number of hydrogen-bond acceptors (Lipinski definition) is 3. The number of aliphatic carboxylic acids is 1. The van der Waals surface area contributed by atoms with Crippen molar-refractivity contribution in [1.82, 2.24) is 0 Å². The smallest absolute Gasteiger partial charge is 0.337 e. The average Bonchev–Trinajstić information content (AvgIpc) is 2.27. The Hall–Kier alpha value is -1.81. The maximum Gasteiger partial charge on any atom is 0.337 e. The minimum atomic E-state index is -1.03. The lowest BCUT2D eigenvalue weighted by Crippen LogP contribution is -2.28. The summed E-state index contributed by atoms with van der Waals surface area (Å²) >= 11 is 0. The SMILES string of the molecule is COC1Oc2ccccc2C=C1C(=O)O. The average molecular weight is 206 g/mol. The fourth-order valence-corrected chi connectivity index (χ4v) is 1.46. The van der Waals surface area contributed by atoms with Gasteiger partial charge < -0.3 is 14.6 Å². The van der Waals surface area contributed by atoms with Crippen LogP contribution >= 0.6 is 0 Å². The number of hydrogen-bond donors (Lipinski definition) is 1. The third-order valence-corrected chi connectivity index (χ3v) is 2.18. The van der Waals surface area contributed by atoms with E-state index < -0.39 is 12.3 Å². The van der Waals surface area contributed by atoms with Crippen LogP contribution < -0.4 is 4.74 Å². The summed E-state index contributed by atoms with van der Waals surface area (Å²) in [4.78, 5) is 10.9. The summed E-state index contributed by atoms with van der Waals surface area (Å²) in [5.41, 5.74) is 0.861. The first kappa shape index (κ1) is 9.73. The molecule has 0 amide bonds. The molecule has 2 rings (SSSR count). The minimum Gasteiger partial charge on any atom is -0.478 e. The number of rotatable bonds is 2. The standard InChI is InChI=1S/C11H10O4/c1-14-11-8(10(12)13)6-7-4-2-3-5-9(7)15-11/h2-6,11H,1H3,(H,12,13). The van der Waals surface area contributed by atoms with Crippen LogP contribution in [-0.4, -0.2) is 24.5 Å². The van der Waals surface area contributed by atoms with E-state index in [0.29, 0.717) is 5.75 Å². The summed E-state index contributed by atoms with van der Waals surface area (Å²) in [7, 11) is 1.41. The Bertz CT molecular complexity index is 422. The number of carboxylic acid groups (broad SMARTS) is 1. The highest BCUT2D eigenvalue weighted by Crippen LogP contribution is 2.29. The van der Waals surface area contributed by atoms with Crippen LogP contribution in [-0.2, 0) is 9.53 Å². The van der Waals surface area contributed by atoms with Crippen molar-refractivity contribution >= 4 is 12.0 Å². The number of para-hydroxylation sites is 1. The molecule has 1 heterocycles. The molecular weight excluding hydrogens is 196 g/mol. The van der Waals surface area contributed by atoms with Gasteiger partial charge in [-0.2, -0.15) is 0 Å². The molecule has 0 radical (unpaired) electrons. The second-order valence-electron chi connectivity index (χ2n) is 3.13. The maximum absolute atomic E-state index is 10.9. The van der Waals surface area contributed by atoms with Gasteiger partial charge in [0.1, 0.15) is 11.3 Å². The quantitative estimate of drug-likeness (QED) is 0.797. The molecule has 0 bridgehead atoms. The van der Waals surface area contributed by atoms with Gasteiger partial charge in [0.15, 0.2) is 0 Å². The molecule has 1 aromatic rings. The van der Waals surface area contributed by atoms with E-state index in [4.69, 9.17) is 14.6 Å². The van der Waals surface area contributed by atoms with E-state index in [1.165, 1.54) is 7.11 Å². The predicted molar refractivity (Wildman–Crippen MR) is 53.5 cm³/mol. The first-order valence-electron chi connectivity index (χ1n) is 4.45. The lowest BCUT2D eigenvalue weighted by molar-refractivity contribution is -0.136. The Balaban J connectivity index is 2.46. The van der Waals surface area contributed by atoms with E-state index in [0.717, 1.165) is 5.56 Å². The van der Waals surface area contributed by atoms with E-state index in [2.05, 4.69) is 0 Å². The molecule has 0 saturated heterocycles. The van der Waals surface area contributed by atoms with Crippen LogP contribution in [0.25, 0.3) is 6.08 Å². The topological polar surface area (TPSA) is 55.8 Å². The number of ether oxygens (including phenoxy) is 2. The van der Waals surface area contributed by atoms with Gasteiger partial charge in [-0.25, -0.2) is 4.79 Å². The molecule has 1 unspecified atom stereocenters. The van der Waals surface area contributed by atoms with Crippen LogP contribution in [0.5, 0.6) is 5.75 Å². The minimum absolute atomic E-state index is 0.108. The molecule has 1 atom stereocenters. The Morgan fingerprint density at radius 2 is 2.20 bits per heavy atom. The number of benzene rings is 1. The highest BCUT2D eigenvalue weighted by Gasteiger charge is 2.26. The van der Waals surface area contributed by atoms with E-state index >= 15 is 0 Å². The van der Waals surface area contributed by atoms with Crippen molar-refractivity contribution in [3.8, 4) is 5.75 Å². The molecule has 1 aliphatic heterocycles. The summed E-state index contributed by atoms with van der Waals surface area (Å²) in [6, 6.07) is 7.22. The summed E-state index contributed by atoms with van der Waals surface area (Å²) in [6.07, 6.45) is 0.729. The Morgan fingerprint density at radius 3 is 2.87 bits per heavy atom. The van der Waals surface area contributed by atoms with E-state index in [1.807, 2.05) is 12.1 Å². The summed E-state index contributed by atoms with van der Waals surface area (Å²) in [6.45, 7) is 0. The maximum atomic E-state index is 10.9. The fourth-order valence-electron chi connectivity index (χ4n) is 1.46. The van der Waals surface area contributed by atoms with Crippen LogP contribution in [0.4, 0.5) is 0 Å². The van der Waals surface area contributed by atoms with Gasteiger partial charge in [0.05, 0.1) is 0 Å². The molecule has 4 nitrogen and oxygen atoms in total. The molecule has 15 heavy (non-hydrogen) atoms. The van der Waals surface area contributed by atoms with Crippen molar-refractivity contribution in [3.05, 3.63) is 35.4 Å². The number of carbonyl (C=O) groups is 1. The lowest BCUT2D eigenvalue weighted by Gasteiger charge is -2.23. The molecule has 0 fully saturated rings. The van der Waals surface area contributed by atoms with Gasteiger partial charge in [-0.15, -0.1) is 0 Å². The zero-order chi connectivity index (χ0) is 10.8. The lowest BCUT2D eigenvalue weighted by atomic mass is 10.1. The van der Waals surface area contributed by atoms with E-state index in [-0.39, 0.29) is 5.57 Å². The van der Waals surface area contributed by atoms with Gasteiger partial charge in [-0.3, -0.25) is 0 Å². The number of carboxylic acids is 1. The zero-order valence-electron chi connectivity index (χ0n) is 8.14. The third kappa shape index (κ3) is 1.71. The van der Waals surface area contributed by atoms with Gasteiger partial charge >= 0.3 is 5.97 Å². The van der Waals surface area contributed by atoms with Crippen molar-refractivity contribution in [2.24, 2.45) is 0 Å². The summed E-state index contributed by atoms with van der Waals surface area (Å²) in [5.74, 6) is -0.397. The molecule has 0 aromatic heterocycles. The Morgan fingerprint density at radius 1 is 1.47 bits per heavy atom. The summed E-state index contributed by atoms with van der Waals surface area (Å²) in [5, 5.41) is 8.94. The molecule has 0 saturated carbocycles. The Kier molecular flexibility index (Phi) is 2.43. The second-order valence-corrected chi connectivity index (χ2v) is 3.13. The highest BCUT2D eigenvalue weighted by atomic mass is 16.7. The fraction of sp³-hybridized carbons (Fsp3) is 0.182. The Labute approximate surface area is 86.7 Å². The van der Waals surface area contributed by atoms with Gasteiger partial charge in [0, 0.05) is 12.7 Å². The molecule has 0 spiro atoms. The first-order valence-corrected chi connectivity index (χ1v) is 4.45. The molecule has 1 N–H and O–H groups in total. The molecule has 4 heteroatoms. The largest absolute Gasteiger partial charge is 0.478 e. The van der Waals surface area contributed by atoms with Crippen LogP contribution in [0.1, 0.15) is 5.56 Å².